The Morgan fingerprint density at radius 1 is 0.941 bits per heavy atom. The zero-order valence-corrected chi connectivity index (χ0v) is 19.0. The van der Waals surface area contributed by atoms with Crippen molar-refractivity contribution in [2.45, 2.75) is 45.4 Å². The van der Waals surface area contributed by atoms with Crippen molar-refractivity contribution in [2.24, 2.45) is 5.92 Å². The molecule has 0 spiro atoms. The Kier molecular flexibility index (Phi) is 12.7. The Bertz CT molecular complexity index is 830. The van der Waals surface area contributed by atoms with E-state index in [4.69, 9.17) is 14.2 Å². The highest BCUT2D eigenvalue weighted by molar-refractivity contribution is 5.90. The maximum Gasteiger partial charge on any atom is 0.407 e. The molecule has 0 unspecified atom stereocenters. The van der Waals surface area contributed by atoms with Gasteiger partial charge in [0.1, 0.15) is 12.6 Å². The summed E-state index contributed by atoms with van der Waals surface area (Å²) in [7, 11) is 0. The Labute approximate surface area is 196 Å². The second-order valence-corrected chi connectivity index (χ2v) is 7.05. The van der Waals surface area contributed by atoms with Gasteiger partial charge in [-0.3, -0.25) is 14.4 Å². The zero-order valence-electron chi connectivity index (χ0n) is 19.0. The Hall–Kier alpha value is -3.67. The van der Waals surface area contributed by atoms with E-state index in [0.29, 0.717) is 0 Å². The van der Waals surface area contributed by atoms with Crippen LogP contribution >= 0.6 is 0 Å². The van der Waals surface area contributed by atoms with E-state index >= 15 is 0 Å². The summed E-state index contributed by atoms with van der Waals surface area (Å²) in [6.07, 6.45) is -3.40. The lowest BCUT2D eigenvalue weighted by molar-refractivity contribution is -0.160. The fourth-order valence-electron chi connectivity index (χ4n) is 2.81. The van der Waals surface area contributed by atoms with Crippen LogP contribution < -0.4 is 10.6 Å². The molecule has 0 aliphatic heterocycles. The molecule has 0 bridgehead atoms. The maximum absolute atomic E-state index is 12.3. The first kappa shape index (κ1) is 28.4. The summed E-state index contributed by atoms with van der Waals surface area (Å²) >= 11 is 0. The number of nitrogens with one attached hydrogen (secondary N) is 2. The number of hydrogen-bond donors (Lipinski definition) is 4. The fraction of sp³-hybridized carbons (Fsp3) is 0.500. The monoisotopic (exact) mass is 482 g/mol. The van der Waals surface area contributed by atoms with Gasteiger partial charge in [0.05, 0.1) is 38.1 Å². The van der Waals surface area contributed by atoms with Gasteiger partial charge in [-0.2, -0.15) is 0 Å². The molecule has 0 aliphatic rings. The molecule has 0 aromatic heterocycles. The number of carboxylic acids is 1. The van der Waals surface area contributed by atoms with Crippen LogP contribution in [0.15, 0.2) is 30.3 Å². The van der Waals surface area contributed by atoms with Gasteiger partial charge in [-0.15, -0.1) is 0 Å². The molecule has 0 fully saturated rings. The third-order valence-electron chi connectivity index (χ3n) is 4.38. The lowest BCUT2D eigenvalue weighted by Gasteiger charge is -2.23. The first-order valence-corrected chi connectivity index (χ1v) is 10.6. The van der Waals surface area contributed by atoms with Crippen molar-refractivity contribution in [2.75, 3.05) is 19.8 Å². The number of esters is 2. The van der Waals surface area contributed by atoms with Gasteiger partial charge in [-0.05, 0) is 19.4 Å². The van der Waals surface area contributed by atoms with Gasteiger partial charge < -0.3 is 35.1 Å². The van der Waals surface area contributed by atoms with Crippen molar-refractivity contribution in [3.8, 4) is 0 Å². The molecule has 4 N–H and O–H groups in total. The summed E-state index contributed by atoms with van der Waals surface area (Å²) in [5.41, 5.74) is 0.760. The quantitative estimate of drug-likeness (QED) is 0.214. The minimum absolute atomic E-state index is 0.0132. The number of carbonyl (C=O) groups excluding carboxylic acids is 4. The normalized spacial score (nSPS) is 13.0. The van der Waals surface area contributed by atoms with Gasteiger partial charge in [0.15, 0.2) is 0 Å². The number of ether oxygens (including phenoxy) is 3. The molecule has 0 heterocycles. The van der Waals surface area contributed by atoms with E-state index in [1.807, 2.05) is 6.07 Å². The van der Waals surface area contributed by atoms with Crippen LogP contribution in [-0.4, -0.2) is 72.0 Å². The van der Waals surface area contributed by atoms with Crippen molar-refractivity contribution in [1.29, 1.82) is 0 Å². The number of carboxylic acid groups (broad SMARTS) is 1. The van der Waals surface area contributed by atoms with Gasteiger partial charge in [0, 0.05) is 6.54 Å². The van der Waals surface area contributed by atoms with Gasteiger partial charge in [-0.1, -0.05) is 30.3 Å². The lowest BCUT2D eigenvalue weighted by atomic mass is 9.95. The molecule has 1 aromatic carbocycles. The highest BCUT2D eigenvalue weighted by Crippen LogP contribution is 2.14. The van der Waals surface area contributed by atoms with Crippen LogP contribution in [0.2, 0.25) is 0 Å². The first-order chi connectivity index (χ1) is 16.2. The van der Waals surface area contributed by atoms with Gasteiger partial charge in [0.2, 0.25) is 5.91 Å². The molecule has 1 aromatic rings. The highest BCUT2D eigenvalue weighted by atomic mass is 16.6. The number of benzene rings is 1. The van der Waals surface area contributed by atoms with E-state index in [0.717, 1.165) is 5.56 Å². The molecule has 12 nitrogen and oxygen atoms in total. The van der Waals surface area contributed by atoms with Crippen molar-refractivity contribution < 1.29 is 48.4 Å². The second kappa shape index (κ2) is 15.2. The third-order valence-corrected chi connectivity index (χ3v) is 4.38. The number of aliphatic hydroxyl groups is 1. The maximum atomic E-state index is 12.3. The number of aliphatic hydroxyl groups excluding tert-OH is 1. The van der Waals surface area contributed by atoms with Gasteiger partial charge in [0.25, 0.3) is 0 Å². The average molecular weight is 482 g/mol. The predicted octanol–water partition coefficient (Wildman–Crippen LogP) is 0.366. The predicted molar refractivity (Wildman–Crippen MR) is 116 cm³/mol. The molecule has 0 radical (unpaired) electrons. The molecule has 2 amide bonds. The van der Waals surface area contributed by atoms with Crippen LogP contribution in [0.4, 0.5) is 4.79 Å². The molecule has 1 rings (SSSR count). The fourth-order valence-corrected chi connectivity index (χ4v) is 2.81. The number of carbonyl (C=O) groups is 5. The molecule has 0 aliphatic carbocycles. The summed E-state index contributed by atoms with van der Waals surface area (Å²) in [5, 5.41) is 23.9. The minimum Gasteiger partial charge on any atom is -0.480 e. The van der Waals surface area contributed by atoms with Crippen molar-refractivity contribution in [1.82, 2.24) is 10.6 Å². The smallest absolute Gasteiger partial charge is 0.407 e. The van der Waals surface area contributed by atoms with Crippen molar-refractivity contribution in [3.63, 3.8) is 0 Å². The summed E-state index contributed by atoms with van der Waals surface area (Å²) in [4.78, 5) is 59.8. The second-order valence-electron chi connectivity index (χ2n) is 7.05. The van der Waals surface area contributed by atoms with E-state index in [2.05, 4.69) is 10.6 Å². The number of amides is 2. The lowest BCUT2D eigenvalue weighted by Crippen LogP contribution is -2.50. The van der Waals surface area contributed by atoms with E-state index in [9.17, 15) is 34.2 Å². The summed E-state index contributed by atoms with van der Waals surface area (Å²) in [6.45, 7) is 2.67. The molecule has 3 atom stereocenters. The molecular formula is C22H30N2O10. The number of rotatable bonds is 14. The zero-order chi connectivity index (χ0) is 25.5. The van der Waals surface area contributed by atoms with Crippen LogP contribution in [0.25, 0.3) is 0 Å². The molecule has 0 saturated carbocycles. The van der Waals surface area contributed by atoms with Crippen molar-refractivity contribution in [3.05, 3.63) is 35.9 Å². The summed E-state index contributed by atoms with van der Waals surface area (Å²) < 4.78 is 14.6. The summed E-state index contributed by atoms with van der Waals surface area (Å²) in [6, 6.07) is 7.09. The van der Waals surface area contributed by atoms with E-state index in [1.54, 1.807) is 31.2 Å². The molecule has 0 saturated heterocycles. The topological polar surface area (TPSA) is 178 Å². The van der Waals surface area contributed by atoms with Crippen LogP contribution in [0.3, 0.4) is 0 Å². The number of aliphatic carboxylic acids is 1. The van der Waals surface area contributed by atoms with Crippen LogP contribution in [0.5, 0.6) is 0 Å². The van der Waals surface area contributed by atoms with Crippen molar-refractivity contribution >= 4 is 29.9 Å². The summed E-state index contributed by atoms with van der Waals surface area (Å²) in [5.74, 6) is -5.86. The van der Waals surface area contributed by atoms with Gasteiger partial charge in [-0.25, -0.2) is 9.59 Å². The van der Waals surface area contributed by atoms with E-state index in [1.165, 1.54) is 6.92 Å². The van der Waals surface area contributed by atoms with Crippen LogP contribution in [0, 0.1) is 5.92 Å². The number of hydrogen-bond acceptors (Lipinski definition) is 9. The van der Waals surface area contributed by atoms with Gasteiger partial charge >= 0.3 is 24.0 Å². The first-order valence-electron chi connectivity index (χ1n) is 10.6. The highest BCUT2D eigenvalue weighted by Gasteiger charge is 2.38. The van der Waals surface area contributed by atoms with Crippen LogP contribution in [-0.2, 0) is 40.0 Å². The molecular weight excluding hydrogens is 452 g/mol. The largest absolute Gasteiger partial charge is 0.480 e. The Balaban J connectivity index is 2.62. The Morgan fingerprint density at radius 3 is 2.18 bits per heavy atom. The third kappa shape index (κ3) is 10.8. The molecule has 188 valence electrons. The van der Waals surface area contributed by atoms with Crippen LogP contribution in [0.1, 0.15) is 32.3 Å². The number of alkyl carbamates (subject to hydrolysis) is 1. The Morgan fingerprint density at radius 2 is 1.59 bits per heavy atom. The molecule has 34 heavy (non-hydrogen) atoms. The standard InChI is InChI=1S/C22H30N2O10/c1-3-32-18(27)11-16(21(30)33-4-2)19(20(28)29)24-17(26)10-15(25)12-23-22(31)34-13-14-8-6-5-7-9-14/h5-9,15-16,19,25H,3-4,10-13H2,1-2H3,(H,23,31)(H,24,26)(H,28,29)/t15-,16-,19+/m0/s1. The average Bonchev–Trinajstić information content (AvgIpc) is 2.79. The SMILES string of the molecule is CCOC(=O)C[C@H](C(=O)OCC)[C@@H](NC(=O)C[C@H](O)CNC(=O)OCc1ccccc1)C(=O)O. The van der Waals surface area contributed by atoms with E-state index in [-0.39, 0.29) is 26.4 Å². The van der Waals surface area contributed by atoms with E-state index < -0.39 is 60.8 Å². The molecule has 12 heteroatoms. The minimum atomic E-state index is -1.80.